The molecule has 0 bridgehead atoms. The highest BCUT2D eigenvalue weighted by atomic mass is 15.1. The molecular formula is C18H22N2. The summed E-state index contributed by atoms with van der Waals surface area (Å²) < 4.78 is 0. The van der Waals surface area contributed by atoms with Crippen LogP contribution >= 0.6 is 0 Å². The third-order valence-corrected chi connectivity index (χ3v) is 4.26. The monoisotopic (exact) mass is 266 g/mol. The van der Waals surface area contributed by atoms with Crippen molar-refractivity contribution in [2.45, 2.75) is 32.2 Å². The quantitative estimate of drug-likeness (QED) is 0.840. The lowest BCUT2D eigenvalue weighted by Crippen LogP contribution is -2.34. The van der Waals surface area contributed by atoms with Crippen LogP contribution in [0.1, 0.15) is 35.4 Å². The first kappa shape index (κ1) is 13.3. The first-order chi connectivity index (χ1) is 9.83. The van der Waals surface area contributed by atoms with Crippen LogP contribution in [0.5, 0.6) is 0 Å². The van der Waals surface area contributed by atoms with Gasteiger partial charge in [-0.3, -0.25) is 9.88 Å². The summed E-state index contributed by atoms with van der Waals surface area (Å²) in [4.78, 5) is 6.78. The molecule has 1 saturated heterocycles. The Bertz CT molecular complexity index is 550. The van der Waals surface area contributed by atoms with E-state index in [0.29, 0.717) is 5.92 Å². The van der Waals surface area contributed by atoms with Crippen LogP contribution in [0.2, 0.25) is 0 Å². The minimum atomic E-state index is 0.682. The Balaban J connectivity index is 1.69. The van der Waals surface area contributed by atoms with Crippen molar-refractivity contribution in [3.8, 4) is 0 Å². The largest absolute Gasteiger partial charge is 0.298 e. The number of benzene rings is 1. The van der Waals surface area contributed by atoms with Gasteiger partial charge in [-0.1, -0.05) is 30.3 Å². The summed E-state index contributed by atoms with van der Waals surface area (Å²) in [6.45, 7) is 5.63. The molecule has 2 nitrogen and oxygen atoms in total. The minimum absolute atomic E-state index is 0.682. The van der Waals surface area contributed by atoms with Gasteiger partial charge in [0.05, 0.1) is 0 Å². The highest BCUT2D eigenvalue weighted by Gasteiger charge is 2.22. The smallest absolute Gasteiger partial charge is 0.0312 e. The maximum atomic E-state index is 4.21. The second kappa shape index (κ2) is 6.19. The predicted molar refractivity (Wildman–Crippen MR) is 82.7 cm³/mol. The van der Waals surface area contributed by atoms with E-state index in [1.165, 1.54) is 42.6 Å². The molecule has 0 aliphatic carbocycles. The van der Waals surface area contributed by atoms with Crippen LogP contribution in [0, 0.1) is 6.92 Å². The second-order valence-corrected chi connectivity index (χ2v) is 5.79. The molecule has 2 heterocycles. The van der Waals surface area contributed by atoms with Gasteiger partial charge in [-0.2, -0.15) is 0 Å². The summed E-state index contributed by atoms with van der Waals surface area (Å²) in [7, 11) is 0. The standard InChI is InChI=1S/C18H22N2/c1-15-6-2-3-9-18(15)17-8-5-11-20(14-17)13-16-7-4-10-19-12-16/h2-4,6-7,9-10,12,17H,5,8,11,13-14H2,1H3. The maximum Gasteiger partial charge on any atom is 0.0312 e. The van der Waals surface area contributed by atoms with Gasteiger partial charge in [0.15, 0.2) is 0 Å². The van der Waals surface area contributed by atoms with Gasteiger partial charge in [0.2, 0.25) is 0 Å². The molecular weight excluding hydrogens is 244 g/mol. The van der Waals surface area contributed by atoms with Gasteiger partial charge in [-0.05, 0) is 55.0 Å². The number of nitrogens with zero attached hydrogens (tertiary/aromatic N) is 2. The van der Waals surface area contributed by atoms with Gasteiger partial charge in [-0.15, -0.1) is 0 Å². The van der Waals surface area contributed by atoms with Crippen LogP contribution in [-0.4, -0.2) is 23.0 Å². The number of hydrogen-bond donors (Lipinski definition) is 0. The number of aryl methyl sites for hydroxylation is 1. The molecule has 1 aliphatic heterocycles. The van der Waals surface area contributed by atoms with Crippen LogP contribution in [0.15, 0.2) is 48.8 Å². The molecule has 0 radical (unpaired) electrons. The predicted octanol–water partition coefficient (Wildman–Crippen LogP) is 3.77. The Hall–Kier alpha value is -1.67. The molecule has 0 N–H and O–H groups in total. The fraction of sp³-hybridized carbons (Fsp3) is 0.389. The molecule has 1 aliphatic rings. The van der Waals surface area contributed by atoms with Crippen LogP contribution in [0.4, 0.5) is 0 Å². The summed E-state index contributed by atoms with van der Waals surface area (Å²) in [5.41, 5.74) is 4.28. The van der Waals surface area contributed by atoms with Crippen LogP contribution in [0.25, 0.3) is 0 Å². The summed E-state index contributed by atoms with van der Waals surface area (Å²) in [6.07, 6.45) is 6.43. The number of piperidine rings is 1. The molecule has 104 valence electrons. The Kier molecular flexibility index (Phi) is 4.12. The fourth-order valence-corrected chi connectivity index (χ4v) is 3.25. The highest BCUT2D eigenvalue weighted by Crippen LogP contribution is 2.29. The number of likely N-dealkylation sites (tertiary alicyclic amines) is 1. The lowest BCUT2D eigenvalue weighted by atomic mass is 9.88. The molecule has 0 amide bonds. The van der Waals surface area contributed by atoms with Gasteiger partial charge in [0.1, 0.15) is 0 Å². The van der Waals surface area contributed by atoms with Crippen molar-refractivity contribution in [3.63, 3.8) is 0 Å². The van der Waals surface area contributed by atoms with E-state index in [9.17, 15) is 0 Å². The Morgan fingerprint density at radius 3 is 2.90 bits per heavy atom. The summed E-state index contributed by atoms with van der Waals surface area (Å²) in [6, 6.07) is 13.0. The molecule has 1 aromatic carbocycles. The lowest BCUT2D eigenvalue weighted by molar-refractivity contribution is 0.200. The van der Waals surface area contributed by atoms with E-state index in [1.807, 2.05) is 18.5 Å². The molecule has 1 aromatic heterocycles. The van der Waals surface area contributed by atoms with Crippen molar-refractivity contribution in [3.05, 3.63) is 65.5 Å². The summed E-state index contributed by atoms with van der Waals surface area (Å²) in [5.74, 6) is 0.682. The van der Waals surface area contributed by atoms with Gasteiger partial charge < -0.3 is 0 Å². The molecule has 1 fully saturated rings. The molecule has 0 saturated carbocycles. The van der Waals surface area contributed by atoms with Crippen LogP contribution in [-0.2, 0) is 6.54 Å². The normalized spacial score (nSPS) is 19.9. The zero-order valence-electron chi connectivity index (χ0n) is 12.1. The molecule has 2 aromatic rings. The molecule has 20 heavy (non-hydrogen) atoms. The van der Waals surface area contributed by atoms with Crippen molar-refractivity contribution in [2.24, 2.45) is 0 Å². The van der Waals surface area contributed by atoms with E-state index in [-0.39, 0.29) is 0 Å². The molecule has 0 spiro atoms. The van der Waals surface area contributed by atoms with Crippen molar-refractivity contribution in [1.29, 1.82) is 0 Å². The average Bonchev–Trinajstić information content (AvgIpc) is 2.49. The summed E-state index contributed by atoms with van der Waals surface area (Å²) in [5, 5.41) is 0. The zero-order valence-corrected chi connectivity index (χ0v) is 12.1. The van der Waals surface area contributed by atoms with Crippen molar-refractivity contribution in [1.82, 2.24) is 9.88 Å². The van der Waals surface area contributed by atoms with E-state index in [2.05, 4.69) is 47.1 Å². The van der Waals surface area contributed by atoms with E-state index in [0.717, 1.165) is 6.54 Å². The third kappa shape index (κ3) is 3.07. The zero-order chi connectivity index (χ0) is 13.8. The highest BCUT2D eigenvalue weighted by molar-refractivity contribution is 5.29. The van der Waals surface area contributed by atoms with E-state index >= 15 is 0 Å². The van der Waals surface area contributed by atoms with Gasteiger partial charge >= 0.3 is 0 Å². The molecule has 1 atom stereocenters. The Morgan fingerprint density at radius 1 is 1.20 bits per heavy atom. The molecule has 1 unspecified atom stereocenters. The van der Waals surface area contributed by atoms with Gasteiger partial charge in [-0.25, -0.2) is 0 Å². The maximum absolute atomic E-state index is 4.21. The Labute approximate surface area is 121 Å². The van der Waals surface area contributed by atoms with Crippen molar-refractivity contribution >= 4 is 0 Å². The minimum Gasteiger partial charge on any atom is -0.298 e. The molecule has 3 rings (SSSR count). The number of hydrogen-bond acceptors (Lipinski definition) is 2. The second-order valence-electron chi connectivity index (χ2n) is 5.79. The first-order valence-electron chi connectivity index (χ1n) is 7.50. The number of rotatable bonds is 3. The van der Waals surface area contributed by atoms with Gasteiger partial charge in [0.25, 0.3) is 0 Å². The van der Waals surface area contributed by atoms with E-state index < -0.39 is 0 Å². The number of aromatic nitrogens is 1. The third-order valence-electron chi connectivity index (χ3n) is 4.26. The average molecular weight is 266 g/mol. The SMILES string of the molecule is Cc1ccccc1C1CCCN(Cc2cccnc2)C1. The van der Waals surface area contributed by atoms with E-state index in [4.69, 9.17) is 0 Å². The number of pyridine rings is 1. The Morgan fingerprint density at radius 2 is 2.10 bits per heavy atom. The van der Waals surface area contributed by atoms with Gasteiger partial charge in [0, 0.05) is 25.5 Å². The van der Waals surface area contributed by atoms with Crippen LogP contribution < -0.4 is 0 Å². The van der Waals surface area contributed by atoms with Crippen LogP contribution in [0.3, 0.4) is 0 Å². The van der Waals surface area contributed by atoms with E-state index in [1.54, 1.807) is 0 Å². The lowest BCUT2D eigenvalue weighted by Gasteiger charge is -2.33. The van der Waals surface area contributed by atoms with Crippen molar-refractivity contribution in [2.75, 3.05) is 13.1 Å². The fourth-order valence-electron chi connectivity index (χ4n) is 3.25. The molecule has 2 heteroatoms. The summed E-state index contributed by atoms with van der Waals surface area (Å²) >= 11 is 0. The first-order valence-corrected chi connectivity index (χ1v) is 7.50. The van der Waals surface area contributed by atoms with Crippen molar-refractivity contribution < 1.29 is 0 Å². The topological polar surface area (TPSA) is 16.1 Å².